The van der Waals surface area contributed by atoms with Crippen LogP contribution in [0.4, 0.5) is 0 Å². The first-order chi connectivity index (χ1) is 10.0. The smallest absolute Gasteiger partial charge is 0.224 e. The molecule has 1 saturated carbocycles. The highest BCUT2D eigenvalue weighted by molar-refractivity contribution is 5.85. The minimum absolute atomic E-state index is 0. The number of methoxy groups -OCH3 is 1. The van der Waals surface area contributed by atoms with Gasteiger partial charge in [-0.25, -0.2) is 0 Å². The number of carbonyl (C=O) groups is 1. The number of nitrogens with two attached hydrogens (primary N) is 1. The van der Waals surface area contributed by atoms with Gasteiger partial charge in [0.25, 0.3) is 0 Å². The Kier molecular flexibility index (Phi) is 7.17. The molecule has 0 aliphatic heterocycles. The number of hydrogen-bond acceptors (Lipinski definition) is 3. The molecule has 0 bridgehead atoms. The lowest BCUT2D eigenvalue weighted by Gasteiger charge is -2.37. The van der Waals surface area contributed by atoms with Crippen molar-refractivity contribution in [1.29, 1.82) is 0 Å². The van der Waals surface area contributed by atoms with Crippen LogP contribution in [0.5, 0.6) is 5.75 Å². The van der Waals surface area contributed by atoms with E-state index >= 15 is 0 Å². The average Bonchev–Trinajstić information content (AvgIpc) is 2.47. The van der Waals surface area contributed by atoms with Gasteiger partial charge in [-0.3, -0.25) is 4.79 Å². The molecule has 2 rings (SSSR count). The summed E-state index contributed by atoms with van der Waals surface area (Å²) in [5.74, 6) is 0.889. The maximum Gasteiger partial charge on any atom is 0.224 e. The van der Waals surface area contributed by atoms with Crippen LogP contribution in [0.15, 0.2) is 24.3 Å². The normalized spacial score (nSPS) is 24.2. The minimum Gasteiger partial charge on any atom is -0.497 e. The van der Waals surface area contributed by atoms with Gasteiger partial charge in [-0.15, -0.1) is 12.4 Å². The Morgan fingerprint density at radius 1 is 1.45 bits per heavy atom. The summed E-state index contributed by atoms with van der Waals surface area (Å²) in [5, 5.41) is 3.03. The molecular weight excluding hydrogens is 300 g/mol. The molecule has 1 amide bonds. The van der Waals surface area contributed by atoms with Crippen molar-refractivity contribution in [3.63, 3.8) is 0 Å². The molecule has 2 unspecified atom stereocenters. The maximum absolute atomic E-state index is 12.3. The Morgan fingerprint density at radius 2 is 2.23 bits per heavy atom. The molecule has 124 valence electrons. The van der Waals surface area contributed by atoms with E-state index in [0.29, 0.717) is 6.54 Å². The number of benzene rings is 1. The zero-order valence-electron chi connectivity index (χ0n) is 13.4. The van der Waals surface area contributed by atoms with Gasteiger partial charge in [0, 0.05) is 12.1 Å². The Morgan fingerprint density at radius 3 is 2.91 bits per heavy atom. The molecule has 1 aliphatic carbocycles. The number of hydrogen-bond donors (Lipinski definition) is 2. The van der Waals surface area contributed by atoms with Gasteiger partial charge in [0.05, 0.1) is 13.0 Å². The number of nitrogens with one attached hydrogen (secondary N) is 1. The summed E-state index contributed by atoms with van der Waals surface area (Å²) >= 11 is 0. The van der Waals surface area contributed by atoms with Crippen molar-refractivity contribution in [2.75, 3.05) is 13.7 Å². The lowest BCUT2D eigenvalue weighted by Crippen LogP contribution is -2.53. The van der Waals surface area contributed by atoms with Gasteiger partial charge in [-0.05, 0) is 43.9 Å². The summed E-state index contributed by atoms with van der Waals surface area (Å²) in [4.78, 5) is 12.3. The molecular formula is C17H27ClN2O2. The molecule has 0 heterocycles. The Hall–Kier alpha value is -1.26. The zero-order chi connectivity index (χ0) is 15.3. The SMILES string of the molecule is COc1cccc(CCNC(=O)C2CCCCC2(C)N)c1.Cl. The third-order valence-corrected chi connectivity index (χ3v) is 4.42. The average molecular weight is 327 g/mol. The highest BCUT2D eigenvalue weighted by atomic mass is 35.5. The van der Waals surface area contributed by atoms with Gasteiger partial charge in [0.15, 0.2) is 0 Å². The fourth-order valence-corrected chi connectivity index (χ4v) is 3.07. The van der Waals surface area contributed by atoms with Gasteiger partial charge in [0.2, 0.25) is 5.91 Å². The number of carbonyl (C=O) groups excluding carboxylic acids is 1. The lowest BCUT2D eigenvalue weighted by atomic mass is 9.74. The van der Waals surface area contributed by atoms with Crippen LogP contribution in [0, 0.1) is 5.92 Å². The van der Waals surface area contributed by atoms with E-state index in [1.54, 1.807) is 7.11 Å². The summed E-state index contributed by atoms with van der Waals surface area (Å²) in [6.07, 6.45) is 4.86. The number of rotatable bonds is 5. The molecule has 0 radical (unpaired) electrons. The van der Waals surface area contributed by atoms with E-state index in [1.807, 2.05) is 31.2 Å². The van der Waals surface area contributed by atoms with E-state index in [0.717, 1.165) is 43.4 Å². The minimum atomic E-state index is -0.363. The first-order valence-electron chi connectivity index (χ1n) is 7.72. The van der Waals surface area contributed by atoms with Crippen molar-refractivity contribution in [1.82, 2.24) is 5.32 Å². The summed E-state index contributed by atoms with van der Waals surface area (Å²) in [5.41, 5.74) is 7.06. The van der Waals surface area contributed by atoms with E-state index in [9.17, 15) is 4.79 Å². The molecule has 5 heteroatoms. The van der Waals surface area contributed by atoms with Crippen LogP contribution in [-0.2, 0) is 11.2 Å². The van der Waals surface area contributed by atoms with Crippen LogP contribution in [0.2, 0.25) is 0 Å². The summed E-state index contributed by atoms with van der Waals surface area (Å²) in [6.45, 7) is 2.64. The molecule has 4 nitrogen and oxygen atoms in total. The number of amides is 1. The van der Waals surface area contributed by atoms with Gasteiger partial charge in [0.1, 0.15) is 5.75 Å². The van der Waals surface area contributed by atoms with Crippen molar-refractivity contribution in [3.8, 4) is 5.75 Å². The van der Waals surface area contributed by atoms with E-state index in [-0.39, 0.29) is 29.8 Å². The quantitative estimate of drug-likeness (QED) is 0.874. The van der Waals surface area contributed by atoms with E-state index in [1.165, 1.54) is 0 Å². The Balaban J connectivity index is 0.00000242. The van der Waals surface area contributed by atoms with Gasteiger partial charge < -0.3 is 15.8 Å². The number of ether oxygens (including phenoxy) is 1. The molecule has 22 heavy (non-hydrogen) atoms. The second kappa shape index (κ2) is 8.39. The van der Waals surface area contributed by atoms with E-state index < -0.39 is 0 Å². The molecule has 3 N–H and O–H groups in total. The molecule has 1 aliphatic rings. The summed E-state index contributed by atoms with van der Waals surface area (Å²) < 4.78 is 5.20. The third-order valence-electron chi connectivity index (χ3n) is 4.42. The van der Waals surface area contributed by atoms with Crippen molar-refractivity contribution >= 4 is 18.3 Å². The monoisotopic (exact) mass is 326 g/mol. The second-order valence-corrected chi connectivity index (χ2v) is 6.20. The molecule has 1 fully saturated rings. The first-order valence-corrected chi connectivity index (χ1v) is 7.72. The number of halogens is 1. The summed E-state index contributed by atoms with van der Waals surface area (Å²) in [6, 6.07) is 7.93. The van der Waals surface area contributed by atoms with Crippen LogP contribution in [0.1, 0.15) is 38.2 Å². The fourth-order valence-electron chi connectivity index (χ4n) is 3.07. The Bertz CT molecular complexity index is 491. The maximum atomic E-state index is 12.3. The molecule has 0 aromatic heterocycles. The predicted octanol–water partition coefficient (Wildman–Crippen LogP) is 2.68. The van der Waals surface area contributed by atoms with Gasteiger partial charge >= 0.3 is 0 Å². The van der Waals surface area contributed by atoms with Gasteiger partial charge in [-0.1, -0.05) is 25.0 Å². The van der Waals surface area contributed by atoms with Crippen LogP contribution >= 0.6 is 12.4 Å². The van der Waals surface area contributed by atoms with Crippen molar-refractivity contribution < 1.29 is 9.53 Å². The first kappa shape index (κ1) is 18.8. The van der Waals surface area contributed by atoms with Crippen LogP contribution in [0.25, 0.3) is 0 Å². The topological polar surface area (TPSA) is 64.3 Å². The largest absolute Gasteiger partial charge is 0.497 e. The predicted molar refractivity (Wildman–Crippen MR) is 91.5 cm³/mol. The van der Waals surface area contributed by atoms with Gasteiger partial charge in [-0.2, -0.15) is 0 Å². The highest BCUT2D eigenvalue weighted by Gasteiger charge is 2.37. The highest BCUT2D eigenvalue weighted by Crippen LogP contribution is 2.31. The second-order valence-electron chi connectivity index (χ2n) is 6.20. The molecule has 1 aromatic rings. The zero-order valence-corrected chi connectivity index (χ0v) is 14.2. The lowest BCUT2D eigenvalue weighted by molar-refractivity contribution is -0.128. The van der Waals surface area contributed by atoms with Crippen LogP contribution in [-0.4, -0.2) is 25.1 Å². The molecule has 2 atom stereocenters. The van der Waals surface area contributed by atoms with E-state index in [4.69, 9.17) is 10.5 Å². The molecule has 0 saturated heterocycles. The van der Waals surface area contributed by atoms with Crippen LogP contribution < -0.4 is 15.8 Å². The van der Waals surface area contributed by atoms with Crippen molar-refractivity contribution in [3.05, 3.63) is 29.8 Å². The van der Waals surface area contributed by atoms with Crippen LogP contribution in [0.3, 0.4) is 0 Å². The fraction of sp³-hybridized carbons (Fsp3) is 0.588. The van der Waals surface area contributed by atoms with Crippen molar-refractivity contribution in [2.45, 2.75) is 44.6 Å². The van der Waals surface area contributed by atoms with Crippen molar-refractivity contribution in [2.24, 2.45) is 11.7 Å². The molecule has 1 aromatic carbocycles. The van der Waals surface area contributed by atoms with E-state index in [2.05, 4.69) is 5.32 Å². The Labute approximate surface area is 139 Å². The molecule has 0 spiro atoms. The summed E-state index contributed by atoms with van der Waals surface area (Å²) in [7, 11) is 1.66. The standard InChI is InChI=1S/C17H26N2O2.ClH/c1-17(18)10-4-3-8-15(17)16(20)19-11-9-13-6-5-7-14(12-13)21-2;/h5-7,12,15H,3-4,8-11,18H2,1-2H3,(H,19,20);1H. The third kappa shape index (κ3) is 4.89.